The number of ether oxygens (including phenoxy) is 2. The van der Waals surface area contributed by atoms with Gasteiger partial charge >= 0.3 is 18.2 Å². The van der Waals surface area contributed by atoms with Crippen LogP contribution in [0.1, 0.15) is 18.4 Å². The number of pyridine rings is 1. The molecule has 2 fully saturated rings. The SMILES string of the molecule is CN(C)C(=O)N1CC[C@H]2OCC[C@@]2(COCc2cccnc2)C1.O=C(O)C(F)(F)F. The summed E-state index contributed by atoms with van der Waals surface area (Å²) in [7, 11) is 3.59. The van der Waals surface area contributed by atoms with Crippen molar-refractivity contribution >= 4 is 12.0 Å². The fourth-order valence-electron chi connectivity index (χ4n) is 3.56. The molecular formula is C19H26F3N3O5. The minimum absolute atomic E-state index is 0.0713. The number of nitrogens with zero attached hydrogens (tertiary/aromatic N) is 3. The van der Waals surface area contributed by atoms with Crippen molar-refractivity contribution in [1.29, 1.82) is 0 Å². The highest BCUT2D eigenvalue weighted by Crippen LogP contribution is 2.41. The van der Waals surface area contributed by atoms with E-state index >= 15 is 0 Å². The van der Waals surface area contributed by atoms with Gasteiger partial charge in [0.25, 0.3) is 0 Å². The van der Waals surface area contributed by atoms with Crippen molar-refractivity contribution in [3.8, 4) is 0 Å². The number of urea groups is 1. The number of hydrogen-bond acceptors (Lipinski definition) is 5. The Morgan fingerprint density at radius 2 is 2.13 bits per heavy atom. The quantitative estimate of drug-likeness (QED) is 0.784. The molecule has 1 aromatic rings. The van der Waals surface area contributed by atoms with Crippen LogP contribution < -0.4 is 0 Å². The van der Waals surface area contributed by atoms with Crippen molar-refractivity contribution in [3.05, 3.63) is 30.1 Å². The smallest absolute Gasteiger partial charge is 0.475 e. The number of hydrogen-bond donors (Lipinski definition) is 1. The van der Waals surface area contributed by atoms with Crippen LogP contribution >= 0.6 is 0 Å². The number of aromatic nitrogens is 1. The first-order chi connectivity index (χ1) is 14.0. The predicted octanol–water partition coefficient (Wildman–Crippen LogP) is 2.39. The zero-order valence-corrected chi connectivity index (χ0v) is 16.9. The Balaban J connectivity index is 0.000000396. The van der Waals surface area contributed by atoms with Crippen LogP contribution in [0.3, 0.4) is 0 Å². The second kappa shape index (κ2) is 10.1. The Bertz CT molecular complexity index is 717. The molecule has 0 spiro atoms. The van der Waals surface area contributed by atoms with Crippen LogP contribution in [0.25, 0.3) is 0 Å². The summed E-state index contributed by atoms with van der Waals surface area (Å²) in [6.45, 7) is 3.38. The second-order valence-electron chi connectivity index (χ2n) is 7.52. The summed E-state index contributed by atoms with van der Waals surface area (Å²) in [4.78, 5) is 28.9. The van der Waals surface area contributed by atoms with Gasteiger partial charge in [0.2, 0.25) is 0 Å². The van der Waals surface area contributed by atoms with E-state index in [2.05, 4.69) is 4.98 Å². The van der Waals surface area contributed by atoms with E-state index in [9.17, 15) is 18.0 Å². The van der Waals surface area contributed by atoms with E-state index in [4.69, 9.17) is 19.4 Å². The Morgan fingerprint density at radius 1 is 1.43 bits per heavy atom. The maximum Gasteiger partial charge on any atom is 0.490 e. The van der Waals surface area contributed by atoms with Crippen molar-refractivity contribution in [3.63, 3.8) is 0 Å². The maximum absolute atomic E-state index is 12.3. The summed E-state index contributed by atoms with van der Waals surface area (Å²) in [5, 5.41) is 7.12. The molecule has 1 N–H and O–H groups in total. The molecule has 1 aromatic heterocycles. The molecule has 2 atom stereocenters. The summed E-state index contributed by atoms with van der Waals surface area (Å²) in [6.07, 6.45) is 0.526. The van der Waals surface area contributed by atoms with E-state index in [1.54, 1.807) is 25.2 Å². The molecule has 2 aliphatic rings. The van der Waals surface area contributed by atoms with Gasteiger partial charge in [-0.05, 0) is 24.5 Å². The fraction of sp³-hybridized carbons (Fsp3) is 0.632. The van der Waals surface area contributed by atoms with E-state index < -0.39 is 12.1 Å². The molecule has 168 valence electrons. The Morgan fingerprint density at radius 3 is 2.70 bits per heavy atom. The Labute approximate surface area is 172 Å². The fourth-order valence-corrected chi connectivity index (χ4v) is 3.56. The van der Waals surface area contributed by atoms with Gasteiger partial charge in [0.1, 0.15) is 0 Å². The van der Waals surface area contributed by atoms with Gasteiger partial charge < -0.3 is 24.4 Å². The van der Waals surface area contributed by atoms with Gasteiger partial charge in [-0.2, -0.15) is 13.2 Å². The summed E-state index contributed by atoms with van der Waals surface area (Å²) in [5.74, 6) is -2.76. The number of piperidine rings is 1. The minimum Gasteiger partial charge on any atom is -0.475 e. The van der Waals surface area contributed by atoms with Crippen LogP contribution in [0.15, 0.2) is 24.5 Å². The number of rotatable bonds is 4. The molecule has 2 amide bonds. The summed E-state index contributed by atoms with van der Waals surface area (Å²) in [6, 6.07) is 3.99. The molecule has 0 aromatic carbocycles. The number of carbonyl (C=O) groups is 2. The summed E-state index contributed by atoms with van der Waals surface area (Å²) < 4.78 is 43.6. The van der Waals surface area contributed by atoms with Gasteiger partial charge in [0.15, 0.2) is 0 Å². The van der Waals surface area contributed by atoms with Crippen molar-refractivity contribution in [2.24, 2.45) is 5.41 Å². The highest BCUT2D eigenvalue weighted by Gasteiger charge is 2.49. The zero-order valence-electron chi connectivity index (χ0n) is 16.9. The molecule has 30 heavy (non-hydrogen) atoms. The van der Waals surface area contributed by atoms with Gasteiger partial charge in [-0.3, -0.25) is 4.98 Å². The van der Waals surface area contributed by atoms with Gasteiger partial charge in [-0.1, -0.05) is 6.07 Å². The highest BCUT2D eigenvalue weighted by molar-refractivity contribution is 5.74. The van der Waals surface area contributed by atoms with E-state index in [-0.39, 0.29) is 17.6 Å². The highest BCUT2D eigenvalue weighted by atomic mass is 19.4. The number of carboxylic acids is 1. The molecule has 0 radical (unpaired) electrons. The van der Waals surface area contributed by atoms with Crippen LogP contribution in [-0.2, 0) is 20.9 Å². The van der Waals surface area contributed by atoms with Gasteiger partial charge in [-0.25, -0.2) is 9.59 Å². The predicted molar refractivity (Wildman–Crippen MR) is 99.6 cm³/mol. The number of likely N-dealkylation sites (tertiary alicyclic amines) is 1. The standard InChI is InChI=1S/C17H25N3O3.C2HF3O2/c1-19(2)16(21)20-8-5-15-17(12-20,6-9-23-15)13-22-11-14-4-3-7-18-10-14;3-2(4,5)1(6)7/h3-4,7,10,15H,5-6,8-9,11-13H2,1-2H3;(H,6,7)/t15-,17+;/m1./s1. The van der Waals surface area contributed by atoms with Crippen molar-refractivity contribution < 1.29 is 37.3 Å². The number of fused-ring (bicyclic) bond motifs is 1. The summed E-state index contributed by atoms with van der Waals surface area (Å²) >= 11 is 0. The molecule has 2 aliphatic heterocycles. The van der Waals surface area contributed by atoms with E-state index in [0.717, 1.165) is 31.6 Å². The zero-order chi connectivity index (χ0) is 22.4. The van der Waals surface area contributed by atoms with Gasteiger partial charge in [-0.15, -0.1) is 0 Å². The largest absolute Gasteiger partial charge is 0.490 e. The number of aliphatic carboxylic acids is 1. The average Bonchev–Trinajstić information content (AvgIpc) is 3.11. The topological polar surface area (TPSA) is 92.2 Å². The molecular weight excluding hydrogens is 407 g/mol. The normalized spacial score (nSPS) is 23.2. The molecule has 3 rings (SSSR count). The molecule has 8 nitrogen and oxygen atoms in total. The third-order valence-corrected chi connectivity index (χ3v) is 5.05. The Kier molecular flexibility index (Phi) is 8.02. The molecule has 0 bridgehead atoms. The lowest BCUT2D eigenvalue weighted by atomic mass is 9.77. The van der Waals surface area contributed by atoms with E-state index in [0.29, 0.717) is 19.8 Å². The molecule has 0 unspecified atom stereocenters. The minimum atomic E-state index is -5.08. The maximum atomic E-state index is 12.3. The number of halogens is 3. The molecule has 0 aliphatic carbocycles. The van der Waals surface area contributed by atoms with Crippen molar-refractivity contribution in [2.75, 3.05) is 40.4 Å². The molecule has 2 saturated heterocycles. The van der Waals surface area contributed by atoms with Gasteiger partial charge in [0, 0.05) is 51.6 Å². The van der Waals surface area contributed by atoms with Crippen LogP contribution in [-0.4, -0.2) is 84.6 Å². The van der Waals surface area contributed by atoms with Gasteiger partial charge in [0.05, 0.1) is 19.3 Å². The number of amides is 2. The first kappa shape index (κ1) is 23.9. The number of carbonyl (C=O) groups excluding carboxylic acids is 1. The van der Waals surface area contributed by atoms with Crippen molar-refractivity contribution in [1.82, 2.24) is 14.8 Å². The third kappa shape index (κ3) is 6.30. The second-order valence-corrected chi connectivity index (χ2v) is 7.52. The summed E-state index contributed by atoms with van der Waals surface area (Å²) in [5.41, 5.74) is 0.989. The molecule has 0 saturated carbocycles. The lowest BCUT2D eigenvalue weighted by molar-refractivity contribution is -0.192. The third-order valence-electron chi connectivity index (χ3n) is 5.05. The number of alkyl halides is 3. The monoisotopic (exact) mass is 433 g/mol. The first-order valence-electron chi connectivity index (χ1n) is 9.40. The van der Waals surface area contributed by atoms with Crippen LogP contribution in [0.4, 0.5) is 18.0 Å². The van der Waals surface area contributed by atoms with Crippen LogP contribution in [0, 0.1) is 5.41 Å². The number of carboxylic acid groups (broad SMARTS) is 1. The van der Waals surface area contributed by atoms with E-state index in [1.807, 2.05) is 23.2 Å². The molecule has 3 heterocycles. The van der Waals surface area contributed by atoms with E-state index in [1.165, 1.54) is 0 Å². The van der Waals surface area contributed by atoms with Crippen molar-refractivity contribution in [2.45, 2.75) is 31.7 Å². The molecule has 11 heteroatoms. The lowest BCUT2D eigenvalue weighted by Gasteiger charge is -2.44. The first-order valence-corrected chi connectivity index (χ1v) is 9.40. The van der Waals surface area contributed by atoms with Crippen LogP contribution in [0.5, 0.6) is 0 Å². The van der Waals surface area contributed by atoms with Crippen LogP contribution in [0.2, 0.25) is 0 Å². The lowest BCUT2D eigenvalue weighted by Crippen LogP contribution is -2.55. The average molecular weight is 433 g/mol. The Hall–Kier alpha value is -2.40.